The van der Waals surface area contributed by atoms with Crippen LogP contribution >= 0.6 is 0 Å². The van der Waals surface area contributed by atoms with Crippen LogP contribution in [0.4, 0.5) is 4.39 Å². The summed E-state index contributed by atoms with van der Waals surface area (Å²) in [7, 11) is 1.66. The lowest BCUT2D eigenvalue weighted by atomic mass is 10.1. The van der Waals surface area contributed by atoms with E-state index in [-0.39, 0.29) is 18.1 Å². The Morgan fingerprint density at radius 3 is 2.65 bits per heavy atom. The Morgan fingerprint density at radius 2 is 2.12 bits per heavy atom. The largest absolute Gasteiger partial charge is 0.328 e. The molecule has 4 nitrogen and oxygen atoms in total. The molecule has 2 rings (SSSR count). The lowest BCUT2D eigenvalue weighted by molar-refractivity contribution is 0.592. The molecule has 1 aromatic heterocycles. The maximum absolute atomic E-state index is 13.7. The van der Waals surface area contributed by atoms with E-state index in [1.807, 2.05) is 0 Å². The average Bonchev–Trinajstić information content (AvgIpc) is 2.63. The third kappa shape index (κ3) is 2.29. The van der Waals surface area contributed by atoms with E-state index in [4.69, 9.17) is 5.73 Å². The van der Waals surface area contributed by atoms with Crippen LogP contribution in [0.1, 0.15) is 11.1 Å². The molecule has 0 saturated heterocycles. The van der Waals surface area contributed by atoms with E-state index in [0.29, 0.717) is 12.1 Å². The Kier molecular flexibility index (Phi) is 3.10. The number of halogens is 1. The van der Waals surface area contributed by atoms with Crippen molar-refractivity contribution < 1.29 is 4.39 Å². The summed E-state index contributed by atoms with van der Waals surface area (Å²) in [5.41, 5.74) is 6.49. The van der Waals surface area contributed by atoms with Crippen molar-refractivity contribution in [2.45, 2.75) is 13.1 Å². The summed E-state index contributed by atoms with van der Waals surface area (Å²) >= 11 is 0. The first-order valence-corrected chi connectivity index (χ1v) is 5.31. The minimum atomic E-state index is -0.330. The van der Waals surface area contributed by atoms with E-state index < -0.39 is 0 Å². The number of hydrogen-bond donors (Lipinski definition) is 1. The maximum Gasteiger partial charge on any atom is 0.328 e. The van der Waals surface area contributed by atoms with Crippen LogP contribution in [0.3, 0.4) is 0 Å². The number of aryl methyl sites for hydroxylation is 1. The third-order valence-electron chi connectivity index (χ3n) is 2.71. The number of nitrogens with zero attached hydrogens (tertiary/aromatic N) is 2. The van der Waals surface area contributed by atoms with Gasteiger partial charge in [0.25, 0.3) is 0 Å². The highest BCUT2D eigenvalue weighted by molar-refractivity contribution is 5.24. The fraction of sp³-hybridized carbons (Fsp3) is 0.250. The van der Waals surface area contributed by atoms with Crippen LogP contribution in [0.2, 0.25) is 0 Å². The Labute approximate surface area is 98.1 Å². The zero-order valence-electron chi connectivity index (χ0n) is 9.56. The summed E-state index contributed by atoms with van der Waals surface area (Å²) in [5.74, 6) is -0.330. The molecule has 0 aliphatic heterocycles. The molecule has 1 aromatic carbocycles. The van der Waals surface area contributed by atoms with Crippen LogP contribution in [-0.4, -0.2) is 9.13 Å². The van der Waals surface area contributed by atoms with Gasteiger partial charge in [0.1, 0.15) is 5.82 Å². The summed E-state index contributed by atoms with van der Waals surface area (Å²) in [6.45, 7) is 0.541. The van der Waals surface area contributed by atoms with Crippen LogP contribution in [0, 0.1) is 5.82 Å². The lowest BCUT2D eigenvalue weighted by Crippen LogP contribution is -2.22. The second-order valence-corrected chi connectivity index (χ2v) is 3.95. The van der Waals surface area contributed by atoms with Crippen molar-refractivity contribution in [1.82, 2.24) is 9.13 Å². The maximum atomic E-state index is 13.7. The minimum absolute atomic E-state index is 0.160. The van der Waals surface area contributed by atoms with Crippen molar-refractivity contribution >= 4 is 0 Å². The molecule has 1 heterocycles. The van der Waals surface area contributed by atoms with Crippen LogP contribution in [0.15, 0.2) is 35.4 Å². The molecule has 0 radical (unpaired) electrons. The summed E-state index contributed by atoms with van der Waals surface area (Å²) in [6.07, 6.45) is 3.28. The number of aromatic nitrogens is 2. The summed E-state index contributed by atoms with van der Waals surface area (Å²) in [6, 6.07) is 4.84. The Morgan fingerprint density at radius 1 is 1.35 bits per heavy atom. The van der Waals surface area contributed by atoms with Gasteiger partial charge in [0.2, 0.25) is 0 Å². The second kappa shape index (κ2) is 4.55. The Balaban J connectivity index is 2.30. The Hall–Kier alpha value is -1.88. The molecule has 5 heteroatoms. The van der Waals surface area contributed by atoms with Gasteiger partial charge in [0, 0.05) is 31.5 Å². The van der Waals surface area contributed by atoms with Gasteiger partial charge in [0.05, 0.1) is 6.54 Å². The number of imidazole rings is 1. The second-order valence-electron chi connectivity index (χ2n) is 3.95. The van der Waals surface area contributed by atoms with E-state index in [0.717, 1.165) is 5.56 Å². The summed E-state index contributed by atoms with van der Waals surface area (Å²) in [5, 5.41) is 0. The highest BCUT2D eigenvalue weighted by Gasteiger charge is 2.06. The molecule has 0 unspecified atom stereocenters. The van der Waals surface area contributed by atoms with Gasteiger partial charge in [-0.1, -0.05) is 12.1 Å². The third-order valence-corrected chi connectivity index (χ3v) is 2.71. The molecule has 0 aliphatic rings. The van der Waals surface area contributed by atoms with Crippen molar-refractivity contribution in [2.75, 3.05) is 0 Å². The van der Waals surface area contributed by atoms with Gasteiger partial charge < -0.3 is 10.3 Å². The molecule has 0 amide bonds. The molecule has 0 saturated carbocycles. The lowest BCUT2D eigenvalue weighted by Gasteiger charge is -2.05. The molecule has 2 aromatic rings. The molecule has 0 atom stereocenters. The fourth-order valence-corrected chi connectivity index (χ4v) is 1.66. The van der Waals surface area contributed by atoms with E-state index >= 15 is 0 Å². The van der Waals surface area contributed by atoms with Gasteiger partial charge in [-0.15, -0.1) is 0 Å². The molecule has 0 spiro atoms. The summed E-state index contributed by atoms with van der Waals surface area (Å²) < 4.78 is 16.6. The van der Waals surface area contributed by atoms with Crippen molar-refractivity contribution in [3.8, 4) is 0 Å². The number of hydrogen-bond acceptors (Lipinski definition) is 2. The van der Waals surface area contributed by atoms with Gasteiger partial charge in [-0.2, -0.15) is 0 Å². The summed E-state index contributed by atoms with van der Waals surface area (Å²) in [4.78, 5) is 11.6. The first-order valence-electron chi connectivity index (χ1n) is 5.31. The standard InChI is InChI=1S/C12H14FN3O/c1-15-4-5-16(12(15)17)8-10-3-2-9(7-14)6-11(10)13/h2-6H,7-8,14H2,1H3. The average molecular weight is 235 g/mol. The van der Waals surface area contributed by atoms with Crippen LogP contribution in [0.5, 0.6) is 0 Å². The van der Waals surface area contributed by atoms with Crippen LogP contribution in [0.25, 0.3) is 0 Å². The van der Waals surface area contributed by atoms with Crippen LogP contribution in [-0.2, 0) is 20.1 Å². The van der Waals surface area contributed by atoms with Gasteiger partial charge >= 0.3 is 5.69 Å². The van der Waals surface area contributed by atoms with Gasteiger partial charge in [-0.3, -0.25) is 4.57 Å². The Bertz CT molecular complexity index is 586. The number of benzene rings is 1. The molecule has 0 bridgehead atoms. The number of rotatable bonds is 3. The van der Waals surface area contributed by atoms with Gasteiger partial charge in [-0.25, -0.2) is 9.18 Å². The fourth-order valence-electron chi connectivity index (χ4n) is 1.66. The monoisotopic (exact) mass is 235 g/mol. The highest BCUT2D eigenvalue weighted by atomic mass is 19.1. The van der Waals surface area contributed by atoms with Gasteiger partial charge in [0.15, 0.2) is 0 Å². The van der Waals surface area contributed by atoms with E-state index in [9.17, 15) is 9.18 Å². The topological polar surface area (TPSA) is 52.9 Å². The van der Waals surface area contributed by atoms with E-state index in [2.05, 4.69) is 0 Å². The van der Waals surface area contributed by atoms with E-state index in [1.54, 1.807) is 31.6 Å². The predicted octanol–water partition coefficient (Wildman–Crippen LogP) is 0.833. The van der Waals surface area contributed by atoms with Crippen molar-refractivity contribution in [2.24, 2.45) is 12.8 Å². The molecule has 2 N–H and O–H groups in total. The molecule has 90 valence electrons. The quantitative estimate of drug-likeness (QED) is 0.856. The zero-order chi connectivity index (χ0) is 12.4. The predicted molar refractivity (Wildman–Crippen MR) is 63.1 cm³/mol. The highest BCUT2D eigenvalue weighted by Crippen LogP contribution is 2.11. The first-order chi connectivity index (χ1) is 8.11. The molecular weight excluding hydrogens is 221 g/mol. The zero-order valence-corrected chi connectivity index (χ0v) is 9.56. The molecular formula is C12H14FN3O. The normalized spacial score (nSPS) is 10.8. The van der Waals surface area contributed by atoms with Crippen molar-refractivity contribution in [3.63, 3.8) is 0 Å². The number of nitrogens with two attached hydrogens (primary N) is 1. The van der Waals surface area contributed by atoms with Gasteiger partial charge in [-0.05, 0) is 11.6 Å². The first kappa shape index (κ1) is 11.6. The van der Waals surface area contributed by atoms with Crippen molar-refractivity contribution in [1.29, 1.82) is 0 Å². The molecule has 17 heavy (non-hydrogen) atoms. The van der Waals surface area contributed by atoms with Crippen molar-refractivity contribution in [3.05, 3.63) is 58.0 Å². The SMILES string of the molecule is Cn1ccn(Cc2ccc(CN)cc2F)c1=O. The smallest absolute Gasteiger partial charge is 0.326 e. The molecule has 0 aliphatic carbocycles. The molecule has 0 fully saturated rings. The van der Waals surface area contributed by atoms with Crippen LogP contribution < -0.4 is 11.4 Å². The minimum Gasteiger partial charge on any atom is -0.326 e. The van der Waals surface area contributed by atoms with E-state index in [1.165, 1.54) is 15.2 Å².